The number of carbonyl (C=O) groups is 1. The third-order valence-electron chi connectivity index (χ3n) is 7.18. The molecule has 0 saturated carbocycles. The van der Waals surface area contributed by atoms with E-state index in [1.165, 1.54) is 31.2 Å². The molecule has 3 aromatic rings. The van der Waals surface area contributed by atoms with Gasteiger partial charge in [-0.3, -0.25) is 4.79 Å². The number of aryl methyl sites for hydroxylation is 1. The zero-order valence-electron chi connectivity index (χ0n) is 18.6. The molecule has 2 unspecified atom stereocenters. The summed E-state index contributed by atoms with van der Waals surface area (Å²) in [7, 11) is 0. The van der Waals surface area contributed by atoms with Gasteiger partial charge in [-0.1, -0.05) is 60.7 Å². The zero-order chi connectivity index (χ0) is 21.9. The van der Waals surface area contributed by atoms with E-state index in [4.69, 9.17) is 0 Å². The summed E-state index contributed by atoms with van der Waals surface area (Å²) in [6.07, 6.45) is 5.28. The highest BCUT2D eigenvalue weighted by Crippen LogP contribution is 2.35. The average molecular weight is 429 g/mol. The van der Waals surface area contributed by atoms with E-state index < -0.39 is 6.23 Å². The molecular formula is C28H32N2O2. The number of carbonyl (C=O) groups excluding carboxylic acids is 1. The zero-order valence-corrected chi connectivity index (χ0v) is 18.6. The minimum absolute atomic E-state index is 0.0572. The molecule has 1 N–H and O–H groups in total. The second-order valence-electron chi connectivity index (χ2n) is 9.31. The SMILES string of the molecule is O=C1c2cccc3cccc(c23)C(O)N1CCN1CCCC(CCCc2ccccc2)C1. The summed E-state index contributed by atoms with van der Waals surface area (Å²) < 4.78 is 0. The Hall–Kier alpha value is -2.69. The molecule has 2 heterocycles. The Morgan fingerprint density at radius 1 is 0.938 bits per heavy atom. The molecule has 0 spiro atoms. The second-order valence-corrected chi connectivity index (χ2v) is 9.31. The van der Waals surface area contributed by atoms with Crippen LogP contribution in [-0.2, 0) is 6.42 Å². The van der Waals surface area contributed by atoms with Crippen molar-refractivity contribution in [2.24, 2.45) is 5.92 Å². The molecule has 166 valence electrons. The van der Waals surface area contributed by atoms with Gasteiger partial charge < -0.3 is 14.9 Å². The third kappa shape index (κ3) is 4.30. The first kappa shape index (κ1) is 21.2. The van der Waals surface area contributed by atoms with Crippen LogP contribution in [-0.4, -0.2) is 47.0 Å². The number of aliphatic hydroxyl groups is 1. The number of aliphatic hydroxyl groups excluding tert-OH is 1. The maximum Gasteiger partial charge on any atom is 0.256 e. The minimum atomic E-state index is -0.868. The Bertz CT molecular complexity index is 1080. The van der Waals surface area contributed by atoms with E-state index in [0.717, 1.165) is 48.3 Å². The first-order chi connectivity index (χ1) is 15.7. The van der Waals surface area contributed by atoms with Crippen LogP contribution in [0.3, 0.4) is 0 Å². The maximum atomic E-state index is 13.2. The largest absolute Gasteiger partial charge is 0.369 e. The second kappa shape index (κ2) is 9.43. The van der Waals surface area contributed by atoms with Gasteiger partial charge in [0.1, 0.15) is 0 Å². The highest BCUT2D eigenvalue weighted by atomic mass is 16.3. The van der Waals surface area contributed by atoms with Crippen LogP contribution in [0.5, 0.6) is 0 Å². The molecule has 0 aromatic heterocycles. The Kier molecular flexibility index (Phi) is 6.24. The van der Waals surface area contributed by atoms with E-state index in [2.05, 4.69) is 35.2 Å². The number of hydrogen-bond acceptors (Lipinski definition) is 3. The third-order valence-corrected chi connectivity index (χ3v) is 7.18. The van der Waals surface area contributed by atoms with Crippen molar-refractivity contribution >= 4 is 16.7 Å². The molecular weight excluding hydrogens is 396 g/mol. The van der Waals surface area contributed by atoms with Gasteiger partial charge in [-0.2, -0.15) is 0 Å². The molecule has 1 saturated heterocycles. The molecule has 2 atom stereocenters. The predicted octanol–water partition coefficient (Wildman–Crippen LogP) is 5.02. The number of hydrogen-bond donors (Lipinski definition) is 1. The number of nitrogens with zero attached hydrogens (tertiary/aromatic N) is 2. The number of benzene rings is 3. The van der Waals surface area contributed by atoms with Crippen LogP contribution in [0.15, 0.2) is 66.7 Å². The van der Waals surface area contributed by atoms with Crippen molar-refractivity contribution in [3.63, 3.8) is 0 Å². The van der Waals surface area contributed by atoms with Crippen molar-refractivity contribution in [1.82, 2.24) is 9.80 Å². The van der Waals surface area contributed by atoms with Crippen molar-refractivity contribution in [1.29, 1.82) is 0 Å². The Balaban J connectivity index is 1.18. The van der Waals surface area contributed by atoms with Gasteiger partial charge in [0.25, 0.3) is 5.91 Å². The van der Waals surface area contributed by atoms with Crippen LogP contribution < -0.4 is 0 Å². The lowest BCUT2D eigenvalue weighted by atomic mass is 9.91. The van der Waals surface area contributed by atoms with Crippen molar-refractivity contribution in [2.45, 2.75) is 38.3 Å². The van der Waals surface area contributed by atoms with Gasteiger partial charge in [0.15, 0.2) is 6.23 Å². The van der Waals surface area contributed by atoms with Crippen LogP contribution in [0.1, 0.15) is 53.4 Å². The fraction of sp³-hybridized carbons (Fsp3) is 0.393. The van der Waals surface area contributed by atoms with Crippen molar-refractivity contribution in [2.75, 3.05) is 26.2 Å². The van der Waals surface area contributed by atoms with Crippen molar-refractivity contribution in [3.8, 4) is 0 Å². The van der Waals surface area contributed by atoms with Gasteiger partial charge in [-0.05, 0) is 61.6 Å². The van der Waals surface area contributed by atoms with Crippen molar-refractivity contribution < 1.29 is 9.90 Å². The molecule has 4 heteroatoms. The minimum Gasteiger partial charge on any atom is -0.369 e. The molecule has 0 bridgehead atoms. The first-order valence-corrected chi connectivity index (χ1v) is 12.0. The van der Waals surface area contributed by atoms with E-state index in [1.54, 1.807) is 4.90 Å². The van der Waals surface area contributed by atoms with Crippen LogP contribution in [0, 0.1) is 5.92 Å². The summed E-state index contributed by atoms with van der Waals surface area (Å²) in [5.41, 5.74) is 2.98. The van der Waals surface area contributed by atoms with Crippen molar-refractivity contribution in [3.05, 3.63) is 83.4 Å². The molecule has 2 aliphatic heterocycles. The topological polar surface area (TPSA) is 43.8 Å². The van der Waals surface area contributed by atoms with Gasteiger partial charge in [0.2, 0.25) is 0 Å². The van der Waals surface area contributed by atoms with E-state index >= 15 is 0 Å². The predicted molar refractivity (Wildman–Crippen MR) is 128 cm³/mol. The Morgan fingerprint density at radius 2 is 1.75 bits per heavy atom. The fourth-order valence-electron chi connectivity index (χ4n) is 5.50. The standard InChI is InChI=1S/C28H32N2O2/c31-27-24-15-5-13-23-14-6-16-25(26(23)24)28(32)30(27)19-18-29-17-7-12-22(20-29)11-4-10-21-8-2-1-3-9-21/h1-3,5-6,8-9,13-16,22,27,31H,4,7,10-12,17-20H2. The normalized spacial score (nSPS) is 21.3. The summed E-state index contributed by atoms with van der Waals surface area (Å²) >= 11 is 0. The molecule has 5 rings (SSSR count). The van der Waals surface area contributed by atoms with Gasteiger partial charge in [-0.15, -0.1) is 0 Å². The Labute approximate surface area is 190 Å². The number of amides is 1. The van der Waals surface area contributed by atoms with Gasteiger partial charge >= 0.3 is 0 Å². The average Bonchev–Trinajstić information content (AvgIpc) is 2.83. The molecule has 32 heavy (non-hydrogen) atoms. The summed E-state index contributed by atoms with van der Waals surface area (Å²) in [5.74, 6) is 0.669. The molecule has 4 nitrogen and oxygen atoms in total. The molecule has 0 aliphatic carbocycles. The van der Waals surface area contributed by atoms with Crippen LogP contribution in [0.25, 0.3) is 10.8 Å². The summed E-state index contributed by atoms with van der Waals surface area (Å²) in [4.78, 5) is 17.3. The van der Waals surface area contributed by atoms with Crippen LogP contribution in [0.4, 0.5) is 0 Å². The number of piperidine rings is 1. The maximum absolute atomic E-state index is 13.2. The monoisotopic (exact) mass is 428 g/mol. The lowest BCUT2D eigenvalue weighted by molar-refractivity contribution is -0.000635. The molecule has 1 fully saturated rings. The number of likely N-dealkylation sites (tertiary alicyclic amines) is 1. The van der Waals surface area contributed by atoms with E-state index in [1.807, 2.05) is 36.4 Å². The molecule has 2 aliphatic rings. The van der Waals surface area contributed by atoms with Crippen LogP contribution in [0.2, 0.25) is 0 Å². The van der Waals surface area contributed by atoms with E-state index in [0.29, 0.717) is 12.1 Å². The quantitative estimate of drug-likeness (QED) is 0.575. The van der Waals surface area contributed by atoms with Gasteiger partial charge in [-0.25, -0.2) is 0 Å². The number of rotatable bonds is 7. The summed E-state index contributed by atoms with van der Waals surface area (Å²) in [6.45, 7) is 3.55. The lowest BCUT2D eigenvalue weighted by Crippen LogP contribution is -2.45. The summed E-state index contributed by atoms with van der Waals surface area (Å²) in [6, 6.07) is 22.5. The van der Waals surface area contributed by atoms with Gasteiger partial charge in [0.05, 0.1) is 0 Å². The highest BCUT2D eigenvalue weighted by molar-refractivity contribution is 6.10. The first-order valence-electron chi connectivity index (χ1n) is 12.0. The van der Waals surface area contributed by atoms with Gasteiger partial charge in [0, 0.05) is 36.1 Å². The van der Waals surface area contributed by atoms with E-state index in [-0.39, 0.29) is 5.91 Å². The molecule has 3 aromatic carbocycles. The fourth-order valence-corrected chi connectivity index (χ4v) is 5.50. The van der Waals surface area contributed by atoms with Crippen LogP contribution >= 0.6 is 0 Å². The molecule has 0 radical (unpaired) electrons. The highest BCUT2D eigenvalue weighted by Gasteiger charge is 2.33. The Morgan fingerprint density at radius 3 is 2.59 bits per heavy atom. The molecule has 1 amide bonds. The summed E-state index contributed by atoms with van der Waals surface area (Å²) in [5, 5.41) is 12.9. The van der Waals surface area contributed by atoms with E-state index in [9.17, 15) is 9.90 Å². The lowest BCUT2D eigenvalue weighted by Gasteiger charge is -2.37. The smallest absolute Gasteiger partial charge is 0.256 e.